The standard InChI is InChI=1S/C24H21FN2O2S/c25-21-12-6-17(7-13-21)14-26-23(29)19-8-10-20(11-9-19)24-27(22(28)16-30-24)15-18-4-2-1-3-5-18/h1-13,24H,14-16H2,(H,26,29)/t24-/m0/s1. The Labute approximate surface area is 179 Å². The Morgan fingerprint density at radius 2 is 1.67 bits per heavy atom. The molecular weight excluding hydrogens is 399 g/mol. The van der Waals surface area contributed by atoms with Crippen LogP contribution in [0.25, 0.3) is 0 Å². The number of amides is 2. The summed E-state index contributed by atoms with van der Waals surface area (Å²) in [6.45, 7) is 0.899. The number of benzene rings is 3. The lowest BCUT2D eigenvalue weighted by atomic mass is 10.1. The van der Waals surface area contributed by atoms with Gasteiger partial charge in [-0.05, 0) is 41.0 Å². The van der Waals surface area contributed by atoms with Crippen LogP contribution in [0.4, 0.5) is 4.39 Å². The zero-order valence-electron chi connectivity index (χ0n) is 16.3. The maximum Gasteiger partial charge on any atom is 0.251 e. The molecule has 1 saturated heterocycles. The molecule has 1 aliphatic rings. The Bertz CT molecular complexity index is 1020. The summed E-state index contributed by atoms with van der Waals surface area (Å²) in [7, 11) is 0. The van der Waals surface area contributed by atoms with Gasteiger partial charge in [-0.2, -0.15) is 0 Å². The van der Waals surface area contributed by atoms with Crippen molar-refractivity contribution in [1.29, 1.82) is 0 Å². The van der Waals surface area contributed by atoms with E-state index < -0.39 is 0 Å². The number of carbonyl (C=O) groups excluding carboxylic acids is 2. The van der Waals surface area contributed by atoms with E-state index in [1.165, 1.54) is 12.1 Å². The first-order chi connectivity index (χ1) is 14.6. The summed E-state index contributed by atoms with van der Waals surface area (Å²) in [5.74, 6) is 0.0830. The smallest absolute Gasteiger partial charge is 0.251 e. The number of hydrogen-bond donors (Lipinski definition) is 1. The molecule has 6 heteroatoms. The zero-order chi connectivity index (χ0) is 20.9. The fraction of sp³-hybridized carbons (Fsp3) is 0.167. The van der Waals surface area contributed by atoms with Crippen LogP contribution in [0.2, 0.25) is 0 Å². The van der Waals surface area contributed by atoms with Gasteiger partial charge in [0.25, 0.3) is 5.91 Å². The first kappa shape index (κ1) is 20.2. The Morgan fingerprint density at radius 1 is 0.967 bits per heavy atom. The van der Waals surface area contributed by atoms with E-state index in [4.69, 9.17) is 0 Å². The van der Waals surface area contributed by atoms with Gasteiger partial charge in [-0.1, -0.05) is 54.6 Å². The maximum absolute atomic E-state index is 13.0. The lowest BCUT2D eigenvalue weighted by Crippen LogP contribution is -2.27. The number of nitrogens with zero attached hydrogens (tertiary/aromatic N) is 1. The van der Waals surface area contributed by atoms with Gasteiger partial charge < -0.3 is 10.2 Å². The monoisotopic (exact) mass is 420 g/mol. The number of thioether (sulfide) groups is 1. The van der Waals surface area contributed by atoms with Gasteiger partial charge in [-0.15, -0.1) is 11.8 Å². The quantitative estimate of drug-likeness (QED) is 0.637. The lowest BCUT2D eigenvalue weighted by Gasteiger charge is -2.24. The summed E-state index contributed by atoms with van der Waals surface area (Å²) >= 11 is 1.60. The van der Waals surface area contributed by atoms with Crippen molar-refractivity contribution in [2.24, 2.45) is 0 Å². The number of carbonyl (C=O) groups is 2. The zero-order valence-corrected chi connectivity index (χ0v) is 17.1. The molecule has 4 nitrogen and oxygen atoms in total. The van der Waals surface area contributed by atoms with Crippen molar-refractivity contribution in [1.82, 2.24) is 10.2 Å². The van der Waals surface area contributed by atoms with E-state index in [9.17, 15) is 14.0 Å². The highest BCUT2D eigenvalue weighted by atomic mass is 32.2. The normalized spacial score (nSPS) is 16.0. The average molecular weight is 421 g/mol. The van der Waals surface area contributed by atoms with Crippen LogP contribution in [0.3, 0.4) is 0 Å². The highest BCUT2D eigenvalue weighted by molar-refractivity contribution is 8.00. The Morgan fingerprint density at radius 3 is 2.37 bits per heavy atom. The van der Waals surface area contributed by atoms with Crippen LogP contribution >= 0.6 is 11.8 Å². The van der Waals surface area contributed by atoms with E-state index in [0.29, 0.717) is 24.4 Å². The molecule has 1 heterocycles. The molecule has 0 spiro atoms. The highest BCUT2D eigenvalue weighted by Crippen LogP contribution is 2.39. The second-order valence-corrected chi connectivity index (χ2v) is 8.17. The van der Waals surface area contributed by atoms with Crippen LogP contribution in [0.1, 0.15) is 32.4 Å². The fourth-order valence-electron chi connectivity index (χ4n) is 3.37. The SMILES string of the molecule is O=C(NCc1ccc(F)cc1)c1ccc([C@@H]2SCC(=O)N2Cc2ccccc2)cc1. The minimum absolute atomic E-state index is 0.0611. The minimum Gasteiger partial charge on any atom is -0.348 e. The molecule has 3 aromatic carbocycles. The van der Waals surface area contributed by atoms with Crippen LogP contribution in [-0.4, -0.2) is 22.5 Å². The van der Waals surface area contributed by atoms with E-state index in [-0.39, 0.29) is 23.0 Å². The van der Waals surface area contributed by atoms with Crippen LogP contribution in [0.5, 0.6) is 0 Å². The van der Waals surface area contributed by atoms with Crippen molar-refractivity contribution < 1.29 is 14.0 Å². The summed E-state index contributed by atoms with van der Waals surface area (Å²) in [5, 5.41) is 2.78. The van der Waals surface area contributed by atoms with Gasteiger partial charge >= 0.3 is 0 Å². The first-order valence-corrected chi connectivity index (χ1v) is 10.7. The fourth-order valence-corrected chi connectivity index (χ4v) is 4.55. The Balaban J connectivity index is 1.41. The summed E-state index contributed by atoms with van der Waals surface area (Å²) < 4.78 is 13.0. The largest absolute Gasteiger partial charge is 0.348 e. The third kappa shape index (κ3) is 4.71. The average Bonchev–Trinajstić information content (AvgIpc) is 3.14. The topological polar surface area (TPSA) is 49.4 Å². The van der Waals surface area contributed by atoms with Gasteiger partial charge in [-0.3, -0.25) is 9.59 Å². The molecule has 1 fully saturated rings. The minimum atomic E-state index is -0.301. The molecule has 0 unspecified atom stereocenters. The Kier molecular flexibility index (Phi) is 6.14. The predicted molar refractivity (Wildman–Crippen MR) is 116 cm³/mol. The summed E-state index contributed by atoms with van der Waals surface area (Å²) in [4.78, 5) is 26.7. The Hall–Kier alpha value is -3.12. The molecule has 0 saturated carbocycles. The molecule has 2 amide bonds. The summed E-state index contributed by atoms with van der Waals surface area (Å²) in [5.41, 5.74) is 3.47. The van der Waals surface area contributed by atoms with Crippen LogP contribution in [0, 0.1) is 5.82 Å². The second-order valence-electron chi connectivity index (χ2n) is 7.10. The number of hydrogen-bond acceptors (Lipinski definition) is 3. The lowest BCUT2D eigenvalue weighted by molar-refractivity contribution is -0.128. The molecule has 1 N–H and O–H groups in total. The molecule has 0 aromatic heterocycles. The third-order valence-corrected chi connectivity index (χ3v) is 6.24. The predicted octanol–water partition coefficient (Wildman–Crippen LogP) is 4.53. The molecule has 30 heavy (non-hydrogen) atoms. The molecule has 0 bridgehead atoms. The third-order valence-electron chi connectivity index (χ3n) is 4.99. The summed E-state index contributed by atoms with van der Waals surface area (Å²) in [6.07, 6.45) is 0. The van der Waals surface area contributed by atoms with Gasteiger partial charge in [0.1, 0.15) is 11.2 Å². The van der Waals surface area contributed by atoms with Gasteiger partial charge in [0, 0.05) is 18.7 Å². The molecule has 152 valence electrons. The van der Waals surface area contributed by atoms with Crippen molar-refractivity contribution in [2.75, 3.05) is 5.75 Å². The van der Waals surface area contributed by atoms with Crippen LogP contribution in [0.15, 0.2) is 78.9 Å². The highest BCUT2D eigenvalue weighted by Gasteiger charge is 2.32. The molecule has 0 radical (unpaired) electrons. The van der Waals surface area contributed by atoms with Crippen molar-refractivity contribution in [3.8, 4) is 0 Å². The van der Waals surface area contributed by atoms with E-state index in [0.717, 1.165) is 16.7 Å². The second kappa shape index (κ2) is 9.13. The van der Waals surface area contributed by atoms with Crippen LogP contribution in [-0.2, 0) is 17.9 Å². The van der Waals surface area contributed by atoms with E-state index in [1.807, 2.05) is 47.4 Å². The molecule has 3 aromatic rings. The van der Waals surface area contributed by atoms with Gasteiger partial charge in [-0.25, -0.2) is 4.39 Å². The van der Waals surface area contributed by atoms with Crippen LogP contribution < -0.4 is 5.32 Å². The van der Waals surface area contributed by atoms with Crippen molar-refractivity contribution >= 4 is 23.6 Å². The molecular formula is C24H21FN2O2S. The van der Waals surface area contributed by atoms with Crippen molar-refractivity contribution in [3.05, 3.63) is 107 Å². The van der Waals surface area contributed by atoms with Gasteiger partial charge in [0.15, 0.2) is 0 Å². The maximum atomic E-state index is 13.0. The van der Waals surface area contributed by atoms with Crippen molar-refractivity contribution in [3.63, 3.8) is 0 Å². The van der Waals surface area contributed by atoms with Gasteiger partial charge in [0.2, 0.25) is 5.91 Å². The number of halogens is 1. The van der Waals surface area contributed by atoms with E-state index in [2.05, 4.69) is 5.32 Å². The number of nitrogens with one attached hydrogen (secondary N) is 1. The van der Waals surface area contributed by atoms with E-state index in [1.54, 1.807) is 36.0 Å². The first-order valence-electron chi connectivity index (χ1n) is 9.68. The summed E-state index contributed by atoms with van der Waals surface area (Å²) in [6, 6.07) is 23.3. The van der Waals surface area contributed by atoms with Crippen molar-refractivity contribution in [2.45, 2.75) is 18.5 Å². The molecule has 1 atom stereocenters. The van der Waals surface area contributed by atoms with E-state index >= 15 is 0 Å². The molecule has 0 aliphatic carbocycles. The molecule has 1 aliphatic heterocycles. The van der Waals surface area contributed by atoms with Gasteiger partial charge in [0.05, 0.1) is 5.75 Å². The number of rotatable bonds is 6. The molecule has 4 rings (SSSR count).